The number of ether oxygens (including phenoxy) is 2. The quantitative estimate of drug-likeness (QED) is 0.614. The van der Waals surface area contributed by atoms with E-state index in [1.807, 2.05) is 0 Å². The predicted molar refractivity (Wildman–Crippen MR) is 58.5 cm³/mol. The van der Waals surface area contributed by atoms with Crippen molar-refractivity contribution in [1.82, 2.24) is 0 Å². The van der Waals surface area contributed by atoms with Crippen molar-refractivity contribution in [3.63, 3.8) is 0 Å². The molecule has 1 aromatic rings. The summed E-state index contributed by atoms with van der Waals surface area (Å²) in [7, 11) is 0. The molecule has 0 fully saturated rings. The summed E-state index contributed by atoms with van der Waals surface area (Å²) in [5, 5.41) is 0. The van der Waals surface area contributed by atoms with E-state index in [-0.39, 0.29) is 18.1 Å². The minimum Gasteiger partial charge on any atom is -0.462 e. The van der Waals surface area contributed by atoms with Crippen molar-refractivity contribution < 1.29 is 27.4 Å². The Kier molecular flexibility index (Phi) is 5.27. The van der Waals surface area contributed by atoms with Gasteiger partial charge in [0.05, 0.1) is 6.61 Å². The Labute approximate surface area is 106 Å². The number of carbonyl (C=O) groups is 1. The van der Waals surface area contributed by atoms with Gasteiger partial charge in [-0.3, -0.25) is 0 Å². The third-order valence-electron chi connectivity index (χ3n) is 1.96. The van der Waals surface area contributed by atoms with Gasteiger partial charge in [0.15, 0.2) is 11.6 Å². The molecule has 0 spiro atoms. The Morgan fingerprint density at radius 1 is 1.44 bits per heavy atom. The molecule has 0 heterocycles. The van der Waals surface area contributed by atoms with E-state index >= 15 is 0 Å². The fourth-order valence-corrected chi connectivity index (χ4v) is 1.45. The molecule has 0 radical (unpaired) electrons. The Morgan fingerprint density at radius 3 is 2.61 bits per heavy atom. The number of carbonyl (C=O) groups excluding carboxylic acids is 1. The van der Waals surface area contributed by atoms with Crippen molar-refractivity contribution in [1.29, 1.82) is 0 Å². The second-order valence-corrected chi connectivity index (χ2v) is 3.45. The van der Waals surface area contributed by atoms with E-state index in [1.165, 1.54) is 6.92 Å². The number of esters is 1. The molecule has 7 heteroatoms. The molecule has 3 nitrogen and oxygen atoms in total. The van der Waals surface area contributed by atoms with Gasteiger partial charge >= 0.3 is 12.6 Å². The molecule has 1 rings (SSSR count). The summed E-state index contributed by atoms with van der Waals surface area (Å²) in [6.45, 7) is -1.68. The van der Waals surface area contributed by atoms with Gasteiger partial charge in [-0.25, -0.2) is 9.18 Å². The van der Waals surface area contributed by atoms with Crippen molar-refractivity contribution >= 4 is 17.6 Å². The van der Waals surface area contributed by atoms with Gasteiger partial charge in [-0.2, -0.15) is 8.78 Å². The summed E-state index contributed by atoms with van der Waals surface area (Å²) in [6, 6.07) is 2.08. The molecule has 0 aromatic heterocycles. The molecule has 1 aromatic carbocycles. The SMILES string of the molecule is CCOC(=O)c1cc(CCl)cc(F)c1OC(F)F. The van der Waals surface area contributed by atoms with E-state index in [0.29, 0.717) is 0 Å². The molecular weight excluding hydrogens is 273 g/mol. The average molecular weight is 283 g/mol. The maximum atomic E-state index is 13.5. The minimum absolute atomic E-state index is 0.0275. The number of alkyl halides is 3. The van der Waals surface area contributed by atoms with E-state index in [1.54, 1.807) is 0 Å². The van der Waals surface area contributed by atoms with E-state index in [0.717, 1.165) is 12.1 Å². The first-order chi connectivity index (χ1) is 8.49. The highest BCUT2D eigenvalue weighted by molar-refractivity contribution is 6.17. The Balaban J connectivity index is 3.24. The maximum Gasteiger partial charge on any atom is 0.387 e. The molecule has 0 bridgehead atoms. The van der Waals surface area contributed by atoms with Crippen molar-refractivity contribution in [2.24, 2.45) is 0 Å². The molecule has 0 atom stereocenters. The second kappa shape index (κ2) is 6.49. The van der Waals surface area contributed by atoms with Crippen LogP contribution in [0.25, 0.3) is 0 Å². The van der Waals surface area contributed by atoms with E-state index in [9.17, 15) is 18.0 Å². The Morgan fingerprint density at radius 2 is 2.11 bits per heavy atom. The number of hydrogen-bond acceptors (Lipinski definition) is 3. The van der Waals surface area contributed by atoms with Crippen LogP contribution in [0.2, 0.25) is 0 Å². The van der Waals surface area contributed by atoms with Crippen LogP contribution in [0.5, 0.6) is 5.75 Å². The van der Waals surface area contributed by atoms with Gasteiger partial charge in [-0.1, -0.05) is 0 Å². The molecular formula is C11H10ClF3O3. The zero-order chi connectivity index (χ0) is 13.7. The lowest BCUT2D eigenvalue weighted by Crippen LogP contribution is -2.12. The van der Waals surface area contributed by atoms with E-state index < -0.39 is 29.7 Å². The van der Waals surface area contributed by atoms with Crippen LogP contribution in [-0.2, 0) is 10.6 Å². The molecule has 0 aliphatic rings. The monoisotopic (exact) mass is 282 g/mol. The van der Waals surface area contributed by atoms with Crippen LogP contribution in [0.3, 0.4) is 0 Å². The zero-order valence-electron chi connectivity index (χ0n) is 9.38. The molecule has 100 valence electrons. The minimum atomic E-state index is -3.24. The molecule has 0 aliphatic heterocycles. The van der Waals surface area contributed by atoms with E-state index in [2.05, 4.69) is 9.47 Å². The van der Waals surface area contributed by atoms with Crippen LogP contribution in [0.15, 0.2) is 12.1 Å². The summed E-state index contributed by atoms with van der Waals surface area (Å²) >= 11 is 5.50. The Hall–Kier alpha value is -1.43. The highest BCUT2D eigenvalue weighted by atomic mass is 35.5. The number of benzene rings is 1. The molecule has 0 unspecified atom stereocenters. The van der Waals surface area contributed by atoms with E-state index in [4.69, 9.17) is 11.6 Å². The fourth-order valence-electron chi connectivity index (χ4n) is 1.30. The molecule has 0 saturated heterocycles. The largest absolute Gasteiger partial charge is 0.462 e. The molecule has 0 amide bonds. The fraction of sp³-hybridized carbons (Fsp3) is 0.364. The van der Waals surface area contributed by atoms with Crippen molar-refractivity contribution in [2.45, 2.75) is 19.4 Å². The summed E-state index contributed by atoms with van der Waals surface area (Å²) < 4.78 is 46.4. The van der Waals surface area contributed by atoms with Gasteiger partial charge in [0, 0.05) is 5.88 Å². The first-order valence-electron chi connectivity index (χ1n) is 4.99. The van der Waals surface area contributed by atoms with Gasteiger partial charge in [-0.05, 0) is 24.6 Å². The van der Waals surface area contributed by atoms with Crippen LogP contribution in [0.4, 0.5) is 13.2 Å². The lowest BCUT2D eigenvalue weighted by Gasteiger charge is -2.12. The summed E-state index contributed by atoms with van der Waals surface area (Å²) in [6.07, 6.45) is 0. The van der Waals surface area contributed by atoms with Gasteiger partial charge in [0.1, 0.15) is 5.56 Å². The first kappa shape index (κ1) is 14.6. The number of rotatable bonds is 5. The average Bonchev–Trinajstić information content (AvgIpc) is 2.31. The molecule has 18 heavy (non-hydrogen) atoms. The second-order valence-electron chi connectivity index (χ2n) is 3.19. The van der Waals surface area contributed by atoms with Crippen LogP contribution in [-0.4, -0.2) is 19.2 Å². The predicted octanol–water partition coefficient (Wildman–Crippen LogP) is 3.34. The van der Waals surface area contributed by atoms with Gasteiger partial charge < -0.3 is 9.47 Å². The Bertz CT molecular complexity index is 438. The van der Waals surface area contributed by atoms with Crippen LogP contribution in [0, 0.1) is 5.82 Å². The standard InChI is InChI=1S/C11H10ClF3O3/c1-2-17-10(16)7-3-6(5-12)4-8(13)9(7)18-11(14)15/h3-4,11H,2,5H2,1H3. The smallest absolute Gasteiger partial charge is 0.387 e. The van der Waals surface area contributed by atoms with Gasteiger partial charge in [0.25, 0.3) is 0 Å². The van der Waals surface area contributed by atoms with Crippen molar-refractivity contribution in [3.05, 3.63) is 29.1 Å². The lowest BCUT2D eigenvalue weighted by atomic mass is 10.1. The number of halogens is 4. The van der Waals surface area contributed by atoms with Gasteiger partial charge in [-0.15, -0.1) is 11.6 Å². The number of hydrogen-bond donors (Lipinski definition) is 0. The molecule has 0 saturated carbocycles. The molecule has 0 N–H and O–H groups in total. The van der Waals surface area contributed by atoms with Crippen LogP contribution < -0.4 is 4.74 Å². The topological polar surface area (TPSA) is 35.5 Å². The van der Waals surface area contributed by atoms with Crippen molar-refractivity contribution in [2.75, 3.05) is 6.61 Å². The van der Waals surface area contributed by atoms with Crippen LogP contribution in [0.1, 0.15) is 22.8 Å². The third-order valence-corrected chi connectivity index (χ3v) is 2.27. The summed E-state index contributed by atoms with van der Waals surface area (Å²) in [5.41, 5.74) is -0.147. The summed E-state index contributed by atoms with van der Waals surface area (Å²) in [5.74, 6) is -2.94. The maximum absolute atomic E-state index is 13.5. The first-order valence-corrected chi connectivity index (χ1v) is 5.53. The van der Waals surface area contributed by atoms with Crippen LogP contribution >= 0.6 is 11.6 Å². The van der Waals surface area contributed by atoms with Crippen molar-refractivity contribution in [3.8, 4) is 5.75 Å². The highest BCUT2D eigenvalue weighted by Gasteiger charge is 2.22. The molecule has 0 aliphatic carbocycles. The zero-order valence-corrected chi connectivity index (χ0v) is 10.1. The highest BCUT2D eigenvalue weighted by Crippen LogP contribution is 2.28. The third kappa shape index (κ3) is 3.53. The summed E-state index contributed by atoms with van der Waals surface area (Å²) in [4.78, 5) is 11.5. The lowest BCUT2D eigenvalue weighted by molar-refractivity contribution is -0.0528. The normalized spacial score (nSPS) is 10.6. The van der Waals surface area contributed by atoms with Gasteiger partial charge in [0.2, 0.25) is 0 Å².